The lowest BCUT2D eigenvalue weighted by molar-refractivity contribution is -0.135. The number of esters is 1. The van der Waals surface area contributed by atoms with E-state index in [0.29, 0.717) is 12.2 Å². The van der Waals surface area contributed by atoms with Gasteiger partial charge in [-0.05, 0) is 18.6 Å². The highest BCUT2D eigenvalue weighted by Gasteiger charge is 2.27. The summed E-state index contributed by atoms with van der Waals surface area (Å²) in [5.41, 5.74) is 3.50. The predicted octanol–water partition coefficient (Wildman–Crippen LogP) is 3.44. The summed E-state index contributed by atoms with van der Waals surface area (Å²) in [7, 11) is 0. The first-order chi connectivity index (χ1) is 8.74. The van der Waals surface area contributed by atoms with E-state index < -0.39 is 0 Å². The van der Waals surface area contributed by atoms with Crippen molar-refractivity contribution in [1.82, 2.24) is 0 Å². The average molecular weight is 238 g/mol. The molecule has 0 fully saturated rings. The molecule has 0 saturated carbocycles. The number of rotatable bonds is 1. The van der Waals surface area contributed by atoms with Gasteiger partial charge in [-0.1, -0.05) is 48.0 Å². The van der Waals surface area contributed by atoms with Gasteiger partial charge >= 0.3 is 5.97 Å². The van der Waals surface area contributed by atoms with Crippen molar-refractivity contribution < 1.29 is 9.53 Å². The van der Waals surface area contributed by atoms with Gasteiger partial charge in [0.2, 0.25) is 0 Å². The first-order valence-electron chi connectivity index (χ1n) is 6.10. The van der Waals surface area contributed by atoms with E-state index in [1.54, 1.807) is 0 Å². The molecule has 0 aliphatic carbocycles. The molecule has 90 valence electrons. The number of benzene rings is 2. The molecule has 2 aromatic carbocycles. The van der Waals surface area contributed by atoms with Gasteiger partial charge < -0.3 is 4.74 Å². The van der Waals surface area contributed by atoms with Crippen LogP contribution >= 0.6 is 0 Å². The molecule has 0 saturated heterocycles. The zero-order chi connectivity index (χ0) is 12.5. The van der Waals surface area contributed by atoms with Gasteiger partial charge in [-0.3, -0.25) is 4.79 Å². The Labute approximate surface area is 106 Å². The minimum atomic E-state index is -0.153. The van der Waals surface area contributed by atoms with Crippen LogP contribution in [0.25, 0.3) is 0 Å². The molecule has 0 radical (unpaired) electrons. The third-order valence-electron chi connectivity index (χ3n) is 3.37. The van der Waals surface area contributed by atoms with Gasteiger partial charge in [0.05, 0.1) is 6.42 Å². The van der Waals surface area contributed by atoms with E-state index in [-0.39, 0.29) is 11.9 Å². The van der Waals surface area contributed by atoms with Crippen molar-refractivity contribution in [3.05, 3.63) is 65.2 Å². The molecule has 0 bridgehead atoms. The van der Waals surface area contributed by atoms with Crippen LogP contribution in [0.1, 0.15) is 29.0 Å². The van der Waals surface area contributed by atoms with E-state index in [4.69, 9.17) is 4.74 Å². The van der Waals surface area contributed by atoms with Crippen molar-refractivity contribution in [1.29, 1.82) is 0 Å². The Kier molecular flexibility index (Phi) is 2.63. The third kappa shape index (κ3) is 1.90. The molecular formula is C16H14O2. The number of aryl methyl sites for hydroxylation is 1. The number of carbonyl (C=O) groups is 1. The summed E-state index contributed by atoms with van der Waals surface area (Å²) in [4.78, 5) is 11.7. The van der Waals surface area contributed by atoms with Gasteiger partial charge in [0, 0.05) is 11.5 Å². The molecular weight excluding hydrogens is 224 g/mol. The van der Waals surface area contributed by atoms with Crippen LogP contribution in [0.15, 0.2) is 48.5 Å². The zero-order valence-electron chi connectivity index (χ0n) is 10.2. The zero-order valence-corrected chi connectivity index (χ0v) is 10.2. The van der Waals surface area contributed by atoms with Crippen molar-refractivity contribution in [2.45, 2.75) is 19.3 Å². The van der Waals surface area contributed by atoms with Gasteiger partial charge in [-0.15, -0.1) is 0 Å². The molecule has 1 heterocycles. The van der Waals surface area contributed by atoms with Gasteiger partial charge in [0.1, 0.15) is 5.75 Å². The number of hydrogen-bond acceptors (Lipinski definition) is 2. The highest BCUT2D eigenvalue weighted by atomic mass is 16.5. The van der Waals surface area contributed by atoms with E-state index in [0.717, 1.165) is 5.56 Å². The van der Waals surface area contributed by atoms with Crippen LogP contribution in [0, 0.1) is 6.92 Å². The summed E-state index contributed by atoms with van der Waals surface area (Å²) in [5, 5.41) is 0. The molecule has 0 N–H and O–H groups in total. The fourth-order valence-electron chi connectivity index (χ4n) is 2.40. The van der Waals surface area contributed by atoms with Crippen molar-refractivity contribution >= 4 is 5.97 Å². The van der Waals surface area contributed by atoms with E-state index in [1.165, 1.54) is 11.1 Å². The molecule has 3 rings (SSSR count). The summed E-state index contributed by atoms with van der Waals surface area (Å²) in [6, 6.07) is 16.1. The van der Waals surface area contributed by atoms with Crippen molar-refractivity contribution in [2.75, 3.05) is 0 Å². The lowest BCUT2D eigenvalue weighted by Gasteiger charge is -2.24. The molecule has 1 aliphatic rings. The maximum Gasteiger partial charge on any atom is 0.312 e. The molecule has 2 aromatic rings. The smallest absolute Gasteiger partial charge is 0.312 e. The summed E-state index contributed by atoms with van der Waals surface area (Å²) in [5.74, 6) is 0.654. The molecule has 18 heavy (non-hydrogen) atoms. The Morgan fingerprint density at radius 2 is 1.78 bits per heavy atom. The number of carbonyl (C=O) groups excluding carboxylic acids is 1. The first-order valence-corrected chi connectivity index (χ1v) is 6.10. The number of para-hydroxylation sites is 1. The highest BCUT2D eigenvalue weighted by molar-refractivity contribution is 5.77. The molecule has 0 spiro atoms. The fraction of sp³-hybridized carbons (Fsp3) is 0.188. The topological polar surface area (TPSA) is 26.3 Å². The van der Waals surface area contributed by atoms with Gasteiger partial charge in [0.25, 0.3) is 0 Å². The van der Waals surface area contributed by atoms with Crippen LogP contribution in [0.4, 0.5) is 0 Å². The lowest BCUT2D eigenvalue weighted by Crippen LogP contribution is -2.20. The van der Waals surface area contributed by atoms with E-state index >= 15 is 0 Å². The second-order valence-electron chi connectivity index (χ2n) is 4.68. The van der Waals surface area contributed by atoms with Crippen LogP contribution in [0.3, 0.4) is 0 Å². The summed E-state index contributed by atoms with van der Waals surface area (Å²) >= 11 is 0. The van der Waals surface area contributed by atoms with Crippen molar-refractivity contribution in [3.63, 3.8) is 0 Å². The molecule has 1 atom stereocenters. The summed E-state index contributed by atoms with van der Waals surface area (Å²) in [6.07, 6.45) is 0.417. The molecule has 0 aromatic heterocycles. The molecule has 2 nitrogen and oxygen atoms in total. The fourth-order valence-corrected chi connectivity index (χ4v) is 2.40. The Balaban J connectivity index is 2.07. The first kappa shape index (κ1) is 11.0. The Morgan fingerprint density at radius 1 is 1.06 bits per heavy atom. The minimum Gasteiger partial charge on any atom is -0.426 e. The second-order valence-corrected chi connectivity index (χ2v) is 4.68. The van der Waals surface area contributed by atoms with E-state index in [9.17, 15) is 4.79 Å². The number of fused-ring (bicyclic) bond motifs is 1. The van der Waals surface area contributed by atoms with Gasteiger partial charge in [-0.2, -0.15) is 0 Å². The predicted molar refractivity (Wildman–Crippen MR) is 69.7 cm³/mol. The van der Waals surface area contributed by atoms with Crippen LogP contribution in [0.2, 0.25) is 0 Å². The van der Waals surface area contributed by atoms with Crippen LogP contribution in [-0.2, 0) is 4.79 Å². The quantitative estimate of drug-likeness (QED) is 0.562. The van der Waals surface area contributed by atoms with Crippen LogP contribution in [-0.4, -0.2) is 5.97 Å². The maximum atomic E-state index is 11.7. The maximum absolute atomic E-state index is 11.7. The SMILES string of the molecule is Cc1ccc([C@H]2CC(=O)Oc3ccccc32)cc1. The molecule has 1 aliphatic heterocycles. The van der Waals surface area contributed by atoms with E-state index in [1.807, 2.05) is 24.3 Å². The molecule has 0 amide bonds. The van der Waals surface area contributed by atoms with Crippen molar-refractivity contribution in [3.8, 4) is 5.75 Å². The Bertz CT molecular complexity index is 584. The standard InChI is InChI=1S/C16H14O2/c1-11-6-8-12(9-7-11)14-10-16(17)18-15-5-3-2-4-13(14)15/h2-9,14H,10H2,1H3/t14-/m1/s1. The average Bonchev–Trinajstić information content (AvgIpc) is 2.38. The molecule has 2 heteroatoms. The summed E-state index contributed by atoms with van der Waals surface area (Å²) < 4.78 is 5.27. The van der Waals surface area contributed by atoms with Gasteiger partial charge in [-0.25, -0.2) is 0 Å². The Hall–Kier alpha value is -2.09. The largest absolute Gasteiger partial charge is 0.426 e. The lowest BCUT2D eigenvalue weighted by atomic mass is 9.86. The highest BCUT2D eigenvalue weighted by Crippen LogP contribution is 2.38. The van der Waals surface area contributed by atoms with E-state index in [2.05, 4.69) is 31.2 Å². The normalized spacial score (nSPS) is 18.1. The second kappa shape index (κ2) is 4.30. The summed E-state index contributed by atoms with van der Waals surface area (Å²) in [6.45, 7) is 2.06. The van der Waals surface area contributed by atoms with Crippen LogP contribution < -0.4 is 4.74 Å². The monoisotopic (exact) mass is 238 g/mol. The number of ether oxygens (including phenoxy) is 1. The Morgan fingerprint density at radius 3 is 2.56 bits per heavy atom. The molecule has 0 unspecified atom stereocenters. The third-order valence-corrected chi connectivity index (χ3v) is 3.37. The minimum absolute atomic E-state index is 0.114. The van der Waals surface area contributed by atoms with Crippen molar-refractivity contribution in [2.24, 2.45) is 0 Å². The van der Waals surface area contributed by atoms with Gasteiger partial charge in [0.15, 0.2) is 0 Å². The number of hydrogen-bond donors (Lipinski definition) is 0. The van der Waals surface area contributed by atoms with Crippen LogP contribution in [0.5, 0.6) is 5.75 Å².